The van der Waals surface area contributed by atoms with E-state index in [4.69, 9.17) is 9.84 Å². The van der Waals surface area contributed by atoms with Crippen LogP contribution in [0.2, 0.25) is 0 Å². The van der Waals surface area contributed by atoms with E-state index in [2.05, 4.69) is 30.3 Å². The molecule has 2 aromatic carbocycles. The Labute approximate surface area is 155 Å². The smallest absolute Gasteiger partial charge is 0.303 e. The van der Waals surface area contributed by atoms with Crippen LogP contribution in [0.3, 0.4) is 0 Å². The Morgan fingerprint density at radius 3 is 2.42 bits per heavy atom. The first kappa shape index (κ1) is 18.2. The van der Waals surface area contributed by atoms with Crippen LogP contribution in [0.5, 0.6) is 5.75 Å². The van der Waals surface area contributed by atoms with E-state index in [9.17, 15) is 4.79 Å². The molecule has 0 amide bonds. The van der Waals surface area contributed by atoms with Gasteiger partial charge in [0.25, 0.3) is 0 Å². The molecule has 2 aromatic rings. The van der Waals surface area contributed by atoms with Crippen molar-refractivity contribution in [3.05, 3.63) is 71.3 Å². The summed E-state index contributed by atoms with van der Waals surface area (Å²) in [6.07, 6.45) is 6.40. The van der Waals surface area contributed by atoms with Gasteiger partial charge in [0.05, 0.1) is 0 Å². The number of aryl methyl sites for hydroxylation is 1. The van der Waals surface area contributed by atoms with Crippen LogP contribution in [0.4, 0.5) is 0 Å². The van der Waals surface area contributed by atoms with Crippen molar-refractivity contribution in [2.24, 2.45) is 0 Å². The minimum Gasteiger partial charge on any atom is -0.489 e. The second-order valence-corrected chi connectivity index (χ2v) is 6.84. The number of ether oxygens (including phenoxy) is 1. The van der Waals surface area contributed by atoms with Gasteiger partial charge in [-0.3, -0.25) is 4.79 Å². The van der Waals surface area contributed by atoms with E-state index in [0.717, 1.165) is 30.6 Å². The molecule has 0 heterocycles. The number of hydrogen-bond acceptors (Lipinski definition) is 2. The third-order valence-corrected chi connectivity index (χ3v) is 4.90. The molecule has 26 heavy (non-hydrogen) atoms. The topological polar surface area (TPSA) is 46.5 Å². The normalized spacial score (nSPS) is 14.3. The van der Waals surface area contributed by atoms with Crippen molar-refractivity contribution in [2.75, 3.05) is 6.61 Å². The fraction of sp³-hybridized carbons (Fsp3) is 0.348. The lowest BCUT2D eigenvalue weighted by atomic mass is 9.88. The molecule has 0 fully saturated rings. The standard InChI is InChI=1S/C23H26O3/c24-23(25)12-6-7-18-13-15-21(16-14-18)26-17-20-10-4-5-11-22(20)19-8-2-1-3-9-19/h1-3,8-9,13-16H,4-7,10-12,17H2,(H,24,25). The van der Waals surface area contributed by atoms with Gasteiger partial charge in [-0.2, -0.15) is 0 Å². The fourth-order valence-corrected chi connectivity index (χ4v) is 3.48. The number of aliphatic carboxylic acids is 1. The summed E-state index contributed by atoms with van der Waals surface area (Å²) >= 11 is 0. The van der Waals surface area contributed by atoms with E-state index in [1.165, 1.54) is 29.6 Å². The summed E-state index contributed by atoms with van der Waals surface area (Å²) in [6, 6.07) is 18.7. The van der Waals surface area contributed by atoms with Crippen molar-refractivity contribution >= 4 is 11.5 Å². The van der Waals surface area contributed by atoms with Gasteiger partial charge in [0.2, 0.25) is 0 Å². The summed E-state index contributed by atoms with van der Waals surface area (Å²) < 4.78 is 6.04. The van der Waals surface area contributed by atoms with Gasteiger partial charge < -0.3 is 9.84 Å². The molecular weight excluding hydrogens is 324 g/mol. The Bertz CT molecular complexity index is 745. The van der Waals surface area contributed by atoms with Gasteiger partial charge in [-0.1, -0.05) is 42.5 Å². The highest BCUT2D eigenvalue weighted by molar-refractivity contribution is 5.69. The van der Waals surface area contributed by atoms with Crippen molar-refractivity contribution in [1.82, 2.24) is 0 Å². The molecule has 1 aliphatic rings. The van der Waals surface area contributed by atoms with E-state index >= 15 is 0 Å². The molecule has 3 nitrogen and oxygen atoms in total. The van der Waals surface area contributed by atoms with E-state index < -0.39 is 5.97 Å². The molecule has 0 bridgehead atoms. The summed E-state index contributed by atoms with van der Waals surface area (Å²) in [5.74, 6) is 0.136. The summed E-state index contributed by atoms with van der Waals surface area (Å²) in [7, 11) is 0. The molecule has 0 unspecified atom stereocenters. The highest BCUT2D eigenvalue weighted by Crippen LogP contribution is 2.32. The summed E-state index contributed by atoms with van der Waals surface area (Å²) in [6.45, 7) is 0.641. The van der Waals surface area contributed by atoms with Gasteiger partial charge in [0.1, 0.15) is 12.4 Å². The van der Waals surface area contributed by atoms with E-state index in [0.29, 0.717) is 13.0 Å². The molecule has 1 N–H and O–H groups in total. The van der Waals surface area contributed by atoms with Crippen LogP contribution in [0, 0.1) is 0 Å². The van der Waals surface area contributed by atoms with Gasteiger partial charge in [0, 0.05) is 6.42 Å². The first-order chi connectivity index (χ1) is 12.7. The van der Waals surface area contributed by atoms with Crippen molar-refractivity contribution in [3.63, 3.8) is 0 Å². The Morgan fingerprint density at radius 2 is 1.69 bits per heavy atom. The van der Waals surface area contributed by atoms with Crippen LogP contribution in [-0.4, -0.2) is 17.7 Å². The van der Waals surface area contributed by atoms with Gasteiger partial charge in [-0.15, -0.1) is 0 Å². The number of rotatable bonds is 8. The van der Waals surface area contributed by atoms with E-state index in [-0.39, 0.29) is 6.42 Å². The summed E-state index contributed by atoms with van der Waals surface area (Å²) in [5, 5.41) is 8.71. The predicted molar refractivity (Wildman–Crippen MR) is 104 cm³/mol. The Hall–Kier alpha value is -2.55. The zero-order valence-electron chi connectivity index (χ0n) is 15.1. The number of allylic oxidation sites excluding steroid dienone is 1. The van der Waals surface area contributed by atoms with Crippen molar-refractivity contribution in [3.8, 4) is 5.75 Å². The van der Waals surface area contributed by atoms with Crippen molar-refractivity contribution < 1.29 is 14.6 Å². The van der Waals surface area contributed by atoms with Crippen LogP contribution < -0.4 is 4.74 Å². The predicted octanol–water partition coefficient (Wildman–Crippen LogP) is 5.50. The lowest BCUT2D eigenvalue weighted by Crippen LogP contribution is -2.08. The highest BCUT2D eigenvalue weighted by atomic mass is 16.5. The molecule has 0 aromatic heterocycles. The minimum atomic E-state index is -0.736. The summed E-state index contributed by atoms with van der Waals surface area (Å²) in [5.41, 5.74) is 5.33. The average Bonchev–Trinajstić information content (AvgIpc) is 2.68. The monoisotopic (exact) mass is 350 g/mol. The van der Waals surface area contributed by atoms with Crippen LogP contribution in [-0.2, 0) is 11.2 Å². The average molecular weight is 350 g/mol. The molecule has 0 spiro atoms. The van der Waals surface area contributed by atoms with Crippen LogP contribution in [0.15, 0.2) is 60.2 Å². The maximum atomic E-state index is 10.6. The van der Waals surface area contributed by atoms with Gasteiger partial charge in [0.15, 0.2) is 0 Å². The molecule has 136 valence electrons. The van der Waals surface area contributed by atoms with E-state index in [1.807, 2.05) is 24.3 Å². The Morgan fingerprint density at radius 1 is 0.962 bits per heavy atom. The molecule has 0 saturated carbocycles. The van der Waals surface area contributed by atoms with Crippen molar-refractivity contribution in [1.29, 1.82) is 0 Å². The largest absolute Gasteiger partial charge is 0.489 e. The maximum Gasteiger partial charge on any atom is 0.303 e. The second kappa shape index (κ2) is 9.23. The first-order valence-corrected chi connectivity index (χ1v) is 9.42. The second-order valence-electron chi connectivity index (χ2n) is 6.84. The van der Waals surface area contributed by atoms with Crippen LogP contribution >= 0.6 is 0 Å². The molecular formula is C23H26O3. The van der Waals surface area contributed by atoms with Gasteiger partial charge >= 0.3 is 5.97 Å². The molecule has 3 rings (SSSR count). The molecule has 0 aliphatic heterocycles. The molecule has 0 saturated heterocycles. The Balaban J connectivity index is 1.60. The van der Waals surface area contributed by atoms with E-state index in [1.54, 1.807) is 0 Å². The number of carboxylic acids is 1. The number of hydrogen-bond donors (Lipinski definition) is 1. The van der Waals surface area contributed by atoms with Crippen molar-refractivity contribution in [2.45, 2.75) is 44.9 Å². The van der Waals surface area contributed by atoms with Gasteiger partial charge in [-0.25, -0.2) is 0 Å². The third-order valence-electron chi connectivity index (χ3n) is 4.90. The van der Waals surface area contributed by atoms with Crippen LogP contribution in [0.25, 0.3) is 5.57 Å². The Kier molecular flexibility index (Phi) is 6.48. The molecule has 3 heteroatoms. The third kappa shape index (κ3) is 5.22. The fourth-order valence-electron chi connectivity index (χ4n) is 3.48. The minimum absolute atomic E-state index is 0.217. The van der Waals surface area contributed by atoms with Gasteiger partial charge in [-0.05, 0) is 72.9 Å². The zero-order valence-corrected chi connectivity index (χ0v) is 15.1. The maximum absolute atomic E-state index is 10.6. The quantitative estimate of drug-likeness (QED) is 0.684. The van der Waals surface area contributed by atoms with Crippen LogP contribution in [0.1, 0.15) is 49.7 Å². The molecule has 0 radical (unpaired) electrons. The first-order valence-electron chi connectivity index (χ1n) is 9.42. The number of carbonyl (C=O) groups is 1. The zero-order chi connectivity index (χ0) is 18.2. The molecule has 1 aliphatic carbocycles. The SMILES string of the molecule is O=C(O)CCCc1ccc(OCC2=C(c3ccccc3)CCCC2)cc1. The number of benzene rings is 2. The lowest BCUT2D eigenvalue weighted by molar-refractivity contribution is -0.137. The number of carboxylic acid groups (broad SMARTS) is 1. The molecule has 0 atom stereocenters. The highest BCUT2D eigenvalue weighted by Gasteiger charge is 2.14. The lowest BCUT2D eigenvalue weighted by Gasteiger charge is -2.21. The summed E-state index contributed by atoms with van der Waals surface area (Å²) in [4.78, 5) is 10.6.